The molecular weight excluding hydrogens is 186 g/mol. The van der Waals surface area contributed by atoms with Crippen molar-refractivity contribution >= 4 is 11.6 Å². The lowest BCUT2D eigenvalue weighted by Gasteiger charge is -2.12. The molecule has 0 aromatic heterocycles. The first-order valence-corrected chi connectivity index (χ1v) is 4.70. The molecular formula is C10H14ClNO. The molecule has 1 unspecified atom stereocenters. The van der Waals surface area contributed by atoms with Gasteiger partial charge in [0.15, 0.2) is 0 Å². The van der Waals surface area contributed by atoms with Gasteiger partial charge in [-0.05, 0) is 26.0 Å². The lowest BCUT2D eigenvalue weighted by Crippen LogP contribution is -2.07. The maximum Gasteiger partial charge on any atom is 0.125 e. The van der Waals surface area contributed by atoms with Crippen LogP contribution in [0, 0.1) is 0 Å². The Morgan fingerprint density at radius 1 is 1.54 bits per heavy atom. The maximum absolute atomic E-state index is 5.84. The van der Waals surface area contributed by atoms with E-state index in [2.05, 4.69) is 0 Å². The SMILES string of the molecule is CCOc1cc(Cl)ccc1C(C)N. The molecule has 3 heteroatoms. The molecule has 0 aliphatic carbocycles. The van der Waals surface area contributed by atoms with E-state index in [-0.39, 0.29) is 6.04 Å². The Kier molecular flexibility index (Phi) is 3.58. The van der Waals surface area contributed by atoms with Crippen LogP contribution in [0.1, 0.15) is 25.5 Å². The van der Waals surface area contributed by atoms with Crippen molar-refractivity contribution < 1.29 is 4.74 Å². The molecule has 0 spiro atoms. The molecule has 0 aliphatic heterocycles. The van der Waals surface area contributed by atoms with Crippen LogP contribution in [0.25, 0.3) is 0 Å². The van der Waals surface area contributed by atoms with Crippen LogP contribution in [-0.2, 0) is 0 Å². The Morgan fingerprint density at radius 2 is 2.23 bits per heavy atom. The fourth-order valence-corrected chi connectivity index (χ4v) is 1.33. The van der Waals surface area contributed by atoms with E-state index in [1.54, 1.807) is 6.07 Å². The number of nitrogens with two attached hydrogens (primary N) is 1. The second-order valence-electron chi connectivity index (χ2n) is 2.90. The summed E-state index contributed by atoms with van der Waals surface area (Å²) in [5.41, 5.74) is 6.76. The van der Waals surface area contributed by atoms with Gasteiger partial charge in [-0.3, -0.25) is 0 Å². The molecule has 0 aliphatic rings. The van der Waals surface area contributed by atoms with Crippen LogP contribution < -0.4 is 10.5 Å². The van der Waals surface area contributed by atoms with Crippen molar-refractivity contribution in [1.29, 1.82) is 0 Å². The zero-order valence-electron chi connectivity index (χ0n) is 7.88. The van der Waals surface area contributed by atoms with Gasteiger partial charge in [-0.1, -0.05) is 17.7 Å². The first kappa shape index (κ1) is 10.4. The lowest BCUT2D eigenvalue weighted by atomic mass is 10.1. The number of benzene rings is 1. The Labute approximate surface area is 83.6 Å². The van der Waals surface area contributed by atoms with Crippen LogP contribution in [0.2, 0.25) is 5.02 Å². The van der Waals surface area contributed by atoms with E-state index >= 15 is 0 Å². The molecule has 1 aromatic carbocycles. The number of hydrogen-bond acceptors (Lipinski definition) is 2. The van der Waals surface area contributed by atoms with Crippen molar-refractivity contribution in [3.05, 3.63) is 28.8 Å². The van der Waals surface area contributed by atoms with Crippen LogP contribution in [0.5, 0.6) is 5.75 Å². The van der Waals surface area contributed by atoms with Crippen molar-refractivity contribution in [3.63, 3.8) is 0 Å². The van der Waals surface area contributed by atoms with Gasteiger partial charge in [-0.2, -0.15) is 0 Å². The molecule has 0 saturated heterocycles. The number of halogens is 1. The zero-order valence-corrected chi connectivity index (χ0v) is 8.64. The minimum atomic E-state index is -0.0289. The predicted octanol–water partition coefficient (Wildman–Crippen LogP) is 2.76. The average Bonchev–Trinajstić information content (AvgIpc) is 2.04. The van der Waals surface area contributed by atoms with E-state index in [1.165, 1.54) is 0 Å². The Bertz CT molecular complexity index is 286. The largest absolute Gasteiger partial charge is 0.493 e. The van der Waals surface area contributed by atoms with Crippen molar-refractivity contribution in [2.45, 2.75) is 19.9 Å². The van der Waals surface area contributed by atoms with Crippen molar-refractivity contribution in [1.82, 2.24) is 0 Å². The van der Waals surface area contributed by atoms with Crippen molar-refractivity contribution in [3.8, 4) is 5.75 Å². The normalized spacial score (nSPS) is 12.6. The minimum absolute atomic E-state index is 0.0289. The third kappa shape index (κ3) is 2.61. The third-order valence-electron chi connectivity index (χ3n) is 1.77. The summed E-state index contributed by atoms with van der Waals surface area (Å²) in [5.74, 6) is 0.782. The van der Waals surface area contributed by atoms with E-state index in [9.17, 15) is 0 Å². The van der Waals surface area contributed by atoms with E-state index in [4.69, 9.17) is 22.1 Å². The molecule has 2 N–H and O–H groups in total. The van der Waals surface area contributed by atoms with Crippen LogP contribution >= 0.6 is 11.6 Å². The molecule has 0 radical (unpaired) electrons. The molecule has 0 saturated carbocycles. The molecule has 0 heterocycles. The Morgan fingerprint density at radius 3 is 2.77 bits per heavy atom. The van der Waals surface area contributed by atoms with E-state index in [0.29, 0.717) is 11.6 Å². The van der Waals surface area contributed by atoms with Gasteiger partial charge in [0, 0.05) is 16.6 Å². The highest BCUT2D eigenvalue weighted by molar-refractivity contribution is 6.30. The summed E-state index contributed by atoms with van der Waals surface area (Å²) >= 11 is 5.84. The van der Waals surface area contributed by atoms with Gasteiger partial charge in [0.05, 0.1) is 6.61 Å². The quantitative estimate of drug-likeness (QED) is 0.813. The third-order valence-corrected chi connectivity index (χ3v) is 2.00. The summed E-state index contributed by atoms with van der Waals surface area (Å²) in [7, 11) is 0. The number of ether oxygens (including phenoxy) is 1. The lowest BCUT2D eigenvalue weighted by molar-refractivity contribution is 0.335. The summed E-state index contributed by atoms with van der Waals surface area (Å²) in [4.78, 5) is 0. The monoisotopic (exact) mass is 199 g/mol. The predicted molar refractivity (Wildman–Crippen MR) is 55.2 cm³/mol. The molecule has 13 heavy (non-hydrogen) atoms. The summed E-state index contributed by atoms with van der Waals surface area (Å²) in [6.07, 6.45) is 0. The second kappa shape index (κ2) is 4.49. The van der Waals surface area contributed by atoms with Gasteiger partial charge >= 0.3 is 0 Å². The fraction of sp³-hybridized carbons (Fsp3) is 0.400. The highest BCUT2D eigenvalue weighted by Crippen LogP contribution is 2.27. The molecule has 72 valence electrons. The zero-order chi connectivity index (χ0) is 9.84. The highest BCUT2D eigenvalue weighted by atomic mass is 35.5. The van der Waals surface area contributed by atoms with Gasteiger partial charge in [-0.15, -0.1) is 0 Å². The van der Waals surface area contributed by atoms with Gasteiger partial charge in [0.25, 0.3) is 0 Å². The summed E-state index contributed by atoms with van der Waals surface area (Å²) in [6.45, 7) is 4.48. The average molecular weight is 200 g/mol. The maximum atomic E-state index is 5.84. The van der Waals surface area contributed by atoms with Crippen LogP contribution in [0.3, 0.4) is 0 Å². The number of hydrogen-bond donors (Lipinski definition) is 1. The highest BCUT2D eigenvalue weighted by Gasteiger charge is 2.07. The Hall–Kier alpha value is -0.730. The molecule has 0 amide bonds. The number of rotatable bonds is 3. The first-order valence-electron chi connectivity index (χ1n) is 4.33. The van der Waals surface area contributed by atoms with Crippen molar-refractivity contribution in [2.24, 2.45) is 5.73 Å². The minimum Gasteiger partial charge on any atom is -0.493 e. The smallest absolute Gasteiger partial charge is 0.125 e. The molecule has 0 bridgehead atoms. The molecule has 1 aromatic rings. The van der Waals surface area contributed by atoms with Crippen LogP contribution in [-0.4, -0.2) is 6.61 Å². The first-order chi connectivity index (χ1) is 6.15. The van der Waals surface area contributed by atoms with Crippen LogP contribution in [0.4, 0.5) is 0 Å². The molecule has 1 atom stereocenters. The Balaban J connectivity index is 3.03. The van der Waals surface area contributed by atoms with E-state index < -0.39 is 0 Å². The van der Waals surface area contributed by atoms with E-state index in [1.807, 2.05) is 26.0 Å². The van der Waals surface area contributed by atoms with E-state index in [0.717, 1.165) is 11.3 Å². The van der Waals surface area contributed by atoms with Gasteiger partial charge < -0.3 is 10.5 Å². The van der Waals surface area contributed by atoms with Gasteiger partial charge in [0.2, 0.25) is 0 Å². The molecule has 0 fully saturated rings. The summed E-state index contributed by atoms with van der Waals surface area (Å²) < 4.78 is 5.41. The molecule has 2 nitrogen and oxygen atoms in total. The van der Waals surface area contributed by atoms with Crippen molar-refractivity contribution in [2.75, 3.05) is 6.61 Å². The van der Waals surface area contributed by atoms with Crippen LogP contribution in [0.15, 0.2) is 18.2 Å². The molecule has 1 rings (SSSR count). The topological polar surface area (TPSA) is 35.2 Å². The van der Waals surface area contributed by atoms with Gasteiger partial charge in [0.1, 0.15) is 5.75 Å². The summed E-state index contributed by atoms with van der Waals surface area (Å²) in [6, 6.07) is 5.49. The fourth-order valence-electron chi connectivity index (χ4n) is 1.16. The summed E-state index contributed by atoms with van der Waals surface area (Å²) in [5, 5.41) is 0.674. The van der Waals surface area contributed by atoms with Gasteiger partial charge in [-0.25, -0.2) is 0 Å². The second-order valence-corrected chi connectivity index (χ2v) is 3.34. The standard InChI is InChI=1S/C10H14ClNO/c1-3-13-10-6-8(11)4-5-9(10)7(2)12/h4-7H,3,12H2,1-2H3.